The van der Waals surface area contributed by atoms with Crippen molar-refractivity contribution >= 4 is 15.1 Å². The number of rotatable bonds is 18. The lowest BCUT2D eigenvalue weighted by Gasteiger charge is -2.19. The molecule has 0 saturated heterocycles. The summed E-state index contributed by atoms with van der Waals surface area (Å²) in [5.74, 6) is 2.30. The van der Waals surface area contributed by atoms with Crippen LogP contribution in [0.3, 0.4) is 0 Å². The molecule has 0 aromatic carbocycles. The number of hydrogen-bond donors (Lipinski definition) is 0. The third-order valence-electron chi connectivity index (χ3n) is 5.80. The van der Waals surface area contributed by atoms with Gasteiger partial charge in [-0.1, -0.05) is 80.1 Å². The second-order valence-corrected chi connectivity index (χ2v) is 8.89. The van der Waals surface area contributed by atoms with E-state index < -0.39 is 15.1 Å². The van der Waals surface area contributed by atoms with E-state index in [0.29, 0.717) is 0 Å². The first kappa shape index (κ1) is 25.4. The second kappa shape index (κ2) is 17.8. The van der Waals surface area contributed by atoms with Crippen LogP contribution in [0.5, 0.6) is 0 Å². The van der Waals surface area contributed by atoms with Crippen molar-refractivity contribution in [2.24, 2.45) is 17.8 Å². The molecule has 0 spiro atoms. The Morgan fingerprint density at radius 1 is 0.520 bits per heavy atom. The lowest BCUT2D eigenvalue weighted by atomic mass is 10.0. The van der Waals surface area contributed by atoms with E-state index in [-0.39, 0.29) is 1.43 Å². The third kappa shape index (κ3) is 13.3. The predicted molar refractivity (Wildman–Crippen MR) is 112 cm³/mol. The molecule has 0 saturated carbocycles. The standard InChI is InChI=1S/3C7H15O.Al.H2/c3*1-3-7(4-2)5-6-8;;/h3*7H,3-6H2,1-2H3;;1H/q3*-1;+3;. The SMILES string of the molecule is CCC(CC)CC[O][Al]([O]CCC(CC)CC)[O]CCC(CC)CC.[HH]. The largest absolute Gasteiger partial charge is 0.905 e. The van der Waals surface area contributed by atoms with Crippen molar-refractivity contribution in [3.63, 3.8) is 0 Å². The van der Waals surface area contributed by atoms with Crippen LogP contribution in [-0.4, -0.2) is 35.0 Å². The molecule has 0 aromatic heterocycles. The average Bonchev–Trinajstić information content (AvgIpc) is 2.65. The smallest absolute Gasteiger partial charge is 0.454 e. The predicted octanol–water partition coefficient (Wildman–Crippen LogP) is 6.75. The Hall–Kier alpha value is 0.412. The molecule has 4 heteroatoms. The van der Waals surface area contributed by atoms with Gasteiger partial charge in [0, 0.05) is 21.2 Å². The van der Waals surface area contributed by atoms with Crippen LogP contribution in [0.15, 0.2) is 0 Å². The van der Waals surface area contributed by atoms with Gasteiger partial charge in [-0.05, 0) is 37.0 Å². The van der Waals surface area contributed by atoms with Crippen molar-refractivity contribution in [2.45, 2.75) is 99.3 Å². The average molecular weight is 375 g/mol. The third-order valence-corrected chi connectivity index (χ3v) is 7.33. The van der Waals surface area contributed by atoms with Crippen LogP contribution >= 0.6 is 0 Å². The van der Waals surface area contributed by atoms with Gasteiger partial charge in [0.05, 0.1) is 0 Å². The zero-order valence-electron chi connectivity index (χ0n) is 18.0. The van der Waals surface area contributed by atoms with Gasteiger partial charge >= 0.3 is 15.1 Å². The Kier molecular flexibility index (Phi) is 18.1. The molecule has 0 unspecified atom stereocenters. The molecule has 0 radical (unpaired) electrons. The Labute approximate surface area is 165 Å². The molecule has 0 fully saturated rings. The van der Waals surface area contributed by atoms with E-state index in [1.807, 2.05) is 0 Å². The van der Waals surface area contributed by atoms with E-state index >= 15 is 0 Å². The van der Waals surface area contributed by atoms with Gasteiger partial charge in [-0.3, -0.25) is 0 Å². The van der Waals surface area contributed by atoms with E-state index in [1.54, 1.807) is 0 Å². The van der Waals surface area contributed by atoms with Crippen LogP contribution in [0.25, 0.3) is 0 Å². The molecule has 0 N–H and O–H groups in total. The Balaban J connectivity index is 0. The molecule has 0 aliphatic heterocycles. The zero-order chi connectivity index (χ0) is 18.9. The first-order chi connectivity index (χ1) is 12.1. The second-order valence-electron chi connectivity index (χ2n) is 7.31. The molecule has 0 aromatic rings. The Morgan fingerprint density at radius 2 is 0.760 bits per heavy atom. The van der Waals surface area contributed by atoms with Gasteiger partial charge < -0.3 is 11.4 Å². The molecular formula is C21H47AlO3. The highest BCUT2D eigenvalue weighted by Crippen LogP contribution is 2.16. The van der Waals surface area contributed by atoms with Crippen molar-refractivity contribution in [1.82, 2.24) is 0 Å². The highest BCUT2D eigenvalue weighted by atomic mass is 27.3. The van der Waals surface area contributed by atoms with Gasteiger partial charge in [0.1, 0.15) is 0 Å². The molecule has 0 heterocycles. The minimum atomic E-state index is -1.98. The molecule has 0 rings (SSSR count). The van der Waals surface area contributed by atoms with Gasteiger partial charge in [0.2, 0.25) is 0 Å². The van der Waals surface area contributed by atoms with E-state index in [1.165, 1.54) is 38.5 Å². The lowest BCUT2D eigenvalue weighted by Crippen LogP contribution is -2.30. The van der Waals surface area contributed by atoms with Crippen molar-refractivity contribution in [3.8, 4) is 0 Å². The monoisotopic (exact) mass is 374 g/mol. The fourth-order valence-electron chi connectivity index (χ4n) is 3.23. The van der Waals surface area contributed by atoms with Gasteiger partial charge in [0.25, 0.3) is 0 Å². The fourth-order valence-corrected chi connectivity index (χ4v) is 4.50. The molecule has 25 heavy (non-hydrogen) atoms. The van der Waals surface area contributed by atoms with Crippen molar-refractivity contribution in [1.29, 1.82) is 0 Å². The van der Waals surface area contributed by atoms with Crippen molar-refractivity contribution < 1.29 is 12.8 Å². The van der Waals surface area contributed by atoms with Crippen LogP contribution in [0.4, 0.5) is 0 Å². The zero-order valence-corrected chi connectivity index (χ0v) is 19.2. The molecule has 3 nitrogen and oxygen atoms in total. The normalized spacial score (nSPS) is 11.9. The Bertz CT molecular complexity index is 227. The van der Waals surface area contributed by atoms with Crippen molar-refractivity contribution in [2.75, 3.05) is 19.8 Å². The van der Waals surface area contributed by atoms with Gasteiger partial charge in [-0.25, -0.2) is 0 Å². The summed E-state index contributed by atoms with van der Waals surface area (Å²) >= 11 is -1.98. The van der Waals surface area contributed by atoms with E-state index in [2.05, 4.69) is 41.5 Å². The first-order valence-corrected chi connectivity index (χ1v) is 12.4. The van der Waals surface area contributed by atoms with E-state index in [0.717, 1.165) is 56.8 Å². The van der Waals surface area contributed by atoms with Gasteiger partial charge in [-0.2, -0.15) is 0 Å². The summed E-state index contributed by atoms with van der Waals surface area (Å²) in [6, 6.07) is 0. The summed E-state index contributed by atoms with van der Waals surface area (Å²) in [5, 5.41) is 0. The quantitative estimate of drug-likeness (QED) is 0.248. The molecule has 0 aliphatic carbocycles. The summed E-state index contributed by atoms with van der Waals surface area (Å²) in [6.45, 7) is 16.0. The first-order valence-electron chi connectivity index (χ1n) is 11.0. The van der Waals surface area contributed by atoms with Crippen LogP contribution in [0, 0.1) is 17.8 Å². The molecular weight excluding hydrogens is 327 g/mol. The highest BCUT2D eigenvalue weighted by molar-refractivity contribution is 6.36. The van der Waals surface area contributed by atoms with Crippen LogP contribution < -0.4 is 0 Å². The highest BCUT2D eigenvalue weighted by Gasteiger charge is 2.31. The van der Waals surface area contributed by atoms with Crippen molar-refractivity contribution in [3.05, 3.63) is 0 Å². The van der Waals surface area contributed by atoms with Gasteiger partial charge in [-0.15, -0.1) is 0 Å². The topological polar surface area (TPSA) is 27.7 Å². The summed E-state index contributed by atoms with van der Waals surface area (Å²) in [5.41, 5.74) is 0. The van der Waals surface area contributed by atoms with E-state index in [9.17, 15) is 0 Å². The van der Waals surface area contributed by atoms with E-state index in [4.69, 9.17) is 11.4 Å². The molecule has 0 atom stereocenters. The molecule has 0 bridgehead atoms. The summed E-state index contributed by atoms with van der Waals surface area (Å²) in [7, 11) is 0. The van der Waals surface area contributed by atoms with Crippen LogP contribution in [0.1, 0.15) is 101 Å². The Morgan fingerprint density at radius 3 is 0.960 bits per heavy atom. The molecule has 152 valence electrons. The van der Waals surface area contributed by atoms with Crippen LogP contribution in [-0.2, 0) is 11.4 Å². The lowest BCUT2D eigenvalue weighted by molar-refractivity contribution is 0.0783. The maximum absolute atomic E-state index is 6.07. The minimum Gasteiger partial charge on any atom is -0.454 e. The maximum Gasteiger partial charge on any atom is 0.905 e. The summed E-state index contributed by atoms with van der Waals surface area (Å²) in [6.07, 6.45) is 10.8. The number of hydrogen-bond acceptors (Lipinski definition) is 3. The van der Waals surface area contributed by atoms with Gasteiger partial charge in [0.15, 0.2) is 0 Å². The molecule has 0 amide bonds. The maximum atomic E-state index is 6.07. The fraction of sp³-hybridized carbons (Fsp3) is 1.00. The molecule has 0 aliphatic rings. The minimum absolute atomic E-state index is 0. The van der Waals surface area contributed by atoms with Crippen LogP contribution in [0.2, 0.25) is 0 Å². The summed E-state index contributed by atoms with van der Waals surface area (Å²) < 4.78 is 18.2. The summed E-state index contributed by atoms with van der Waals surface area (Å²) in [4.78, 5) is 0.